The fourth-order valence-corrected chi connectivity index (χ4v) is 2.15. The Kier molecular flexibility index (Phi) is 2.93. The third kappa shape index (κ3) is 1.95. The van der Waals surface area contributed by atoms with Crippen LogP contribution in [0.3, 0.4) is 0 Å². The molecule has 94 valence electrons. The monoisotopic (exact) mass is 265 g/mol. The second-order valence-corrected chi connectivity index (χ2v) is 4.57. The molecule has 1 atom stereocenters. The highest BCUT2D eigenvalue weighted by Gasteiger charge is 2.24. The highest BCUT2D eigenvalue weighted by atomic mass is 35.5. The zero-order valence-corrected chi connectivity index (χ0v) is 10.4. The topological polar surface area (TPSA) is 74.2 Å². The zero-order valence-electron chi connectivity index (χ0n) is 9.60. The van der Waals surface area contributed by atoms with E-state index in [1.165, 1.54) is 0 Å². The van der Waals surface area contributed by atoms with Gasteiger partial charge in [-0.2, -0.15) is 4.98 Å². The molecule has 2 N–H and O–H groups in total. The smallest absolute Gasteiger partial charge is 0.260 e. The van der Waals surface area contributed by atoms with Crippen LogP contribution in [0.5, 0.6) is 0 Å². The SMILES string of the molecule is Nc1c(Cl)cccc1-c1nc(C2CCCO2)no1. The molecule has 2 aromatic rings. The number of rotatable bonds is 2. The maximum atomic E-state index is 5.96. The standard InChI is InChI=1S/C12H12ClN3O2/c13-8-4-1-3-7(10(8)14)12-15-11(16-18-12)9-5-2-6-17-9/h1,3-4,9H,2,5-6,14H2. The van der Waals surface area contributed by atoms with E-state index < -0.39 is 0 Å². The second kappa shape index (κ2) is 4.59. The van der Waals surface area contributed by atoms with Crippen LogP contribution in [0.4, 0.5) is 5.69 Å². The lowest BCUT2D eigenvalue weighted by Crippen LogP contribution is -1.98. The first-order valence-electron chi connectivity index (χ1n) is 5.75. The van der Waals surface area contributed by atoms with Crippen molar-refractivity contribution in [3.05, 3.63) is 29.0 Å². The normalized spacial score (nSPS) is 19.3. The number of nitrogens with two attached hydrogens (primary N) is 1. The van der Waals surface area contributed by atoms with Gasteiger partial charge in [0.25, 0.3) is 5.89 Å². The molecule has 1 aliphatic heterocycles. The van der Waals surface area contributed by atoms with Crippen LogP contribution in [0.2, 0.25) is 5.02 Å². The molecule has 1 aromatic heterocycles. The molecular weight excluding hydrogens is 254 g/mol. The predicted molar refractivity (Wildman–Crippen MR) is 67.1 cm³/mol. The molecule has 0 radical (unpaired) electrons. The van der Waals surface area contributed by atoms with E-state index in [0.717, 1.165) is 19.4 Å². The van der Waals surface area contributed by atoms with Crippen LogP contribution >= 0.6 is 11.6 Å². The van der Waals surface area contributed by atoms with Gasteiger partial charge in [-0.15, -0.1) is 0 Å². The summed E-state index contributed by atoms with van der Waals surface area (Å²) in [5, 5.41) is 4.41. The van der Waals surface area contributed by atoms with Crippen molar-refractivity contribution in [2.45, 2.75) is 18.9 Å². The number of hydrogen-bond donors (Lipinski definition) is 1. The molecule has 1 unspecified atom stereocenters. The summed E-state index contributed by atoms with van der Waals surface area (Å²) >= 11 is 5.96. The Morgan fingerprint density at radius 2 is 2.28 bits per heavy atom. The zero-order chi connectivity index (χ0) is 12.5. The Morgan fingerprint density at radius 1 is 1.39 bits per heavy atom. The Hall–Kier alpha value is -1.59. The lowest BCUT2D eigenvalue weighted by molar-refractivity contribution is 0.103. The van der Waals surface area contributed by atoms with Crippen molar-refractivity contribution < 1.29 is 9.26 Å². The molecule has 2 heterocycles. The summed E-state index contributed by atoms with van der Waals surface area (Å²) in [4.78, 5) is 4.32. The van der Waals surface area contributed by atoms with Crippen molar-refractivity contribution in [2.24, 2.45) is 0 Å². The minimum Gasteiger partial charge on any atom is -0.397 e. The van der Waals surface area contributed by atoms with Gasteiger partial charge in [0.15, 0.2) is 0 Å². The number of anilines is 1. The Labute approximate surface area is 109 Å². The average Bonchev–Trinajstić information content (AvgIpc) is 3.01. The van der Waals surface area contributed by atoms with Crippen LogP contribution in [0.25, 0.3) is 11.5 Å². The van der Waals surface area contributed by atoms with E-state index in [9.17, 15) is 0 Å². The summed E-state index contributed by atoms with van der Waals surface area (Å²) < 4.78 is 10.7. The lowest BCUT2D eigenvalue weighted by atomic mass is 10.2. The first-order valence-corrected chi connectivity index (χ1v) is 6.13. The minimum absolute atomic E-state index is 0.0668. The third-order valence-electron chi connectivity index (χ3n) is 2.94. The molecule has 18 heavy (non-hydrogen) atoms. The number of hydrogen-bond acceptors (Lipinski definition) is 5. The first-order chi connectivity index (χ1) is 8.75. The van der Waals surface area contributed by atoms with Gasteiger partial charge in [-0.25, -0.2) is 0 Å². The number of halogens is 1. The third-order valence-corrected chi connectivity index (χ3v) is 3.27. The van der Waals surface area contributed by atoms with Crippen LogP contribution in [-0.2, 0) is 4.74 Å². The number of nitrogens with zero attached hydrogens (tertiary/aromatic N) is 2. The fourth-order valence-electron chi connectivity index (χ4n) is 1.98. The van der Waals surface area contributed by atoms with E-state index in [0.29, 0.717) is 28.0 Å². The second-order valence-electron chi connectivity index (χ2n) is 4.16. The van der Waals surface area contributed by atoms with E-state index in [1.807, 2.05) is 0 Å². The van der Waals surface area contributed by atoms with Gasteiger partial charge in [0.1, 0.15) is 6.10 Å². The summed E-state index contributed by atoms with van der Waals surface area (Å²) in [6.45, 7) is 0.744. The average molecular weight is 266 g/mol. The molecule has 1 fully saturated rings. The van der Waals surface area contributed by atoms with E-state index in [1.54, 1.807) is 18.2 Å². The maximum absolute atomic E-state index is 5.96. The summed E-state index contributed by atoms with van der Waals surface area (Å²) in [5.41, 5.74) is 6.98. The van der Waals surface area contributed by atoms with E-state index >= 15 is 0 Å². The molecule has 0 saturated carbocycles. The van der Waals surface area contributed by atoms with E-state index in [4.69, 9.17) is 26.6 Å². The number of para-hydroxylation sites is 1. The van der Waals surface area contributed by atoms with Gasteiger partial charge in [0.2, 0.25) is 5.82 Å². The van der Waals surface area contributed by atoms with Crippen molar-refractivity contribution >= 4 is 17.3 Å². The Bertz CT molecular complexity index is 564. The number of nitrogen functional groups attached to an aromatic ring is 1. The van der Waals surface area contributed by atoms with Crippen LogP contribution in [0, 0.1) is 0 Å². The summed E-state index contributed by atoms with van der Waals surface area (Å²) in [5.74, 6) is 0.947. The Morgan fingerprint density at radius 3 is 3.06 bits per heavy atom. The molecule has 0 aliphatic carbocycles. The highest BCUT2D eigenvalue weighted by Crippen LogP contribution is 2.32. The molecule has 0 bridgehead atoms. The molecule has 6 heteroatoms. The van der Waals surface area contributed by atoms with Crippen molar-refractivity contribution in [3.8, 4) is 11.5 Å². The Balaban J connectivity index is 1.95. The highest BCUT2D eigenvalue weighted by molar-refractivity contribution is 6.33. The van der Waals surface area contributed by atoms with Crippen molar-refractivity contribution in [2.75, 3.05) is 12.3 Å². The molecule has 1 aliphatic rings. The number of aromatic nitrogens is 2. The predicted octanol–water partition coefficient (Wildman–Crippen LogP) is 2.82. The fraction of sp³-hybridized carbons (Fsp3) is 0.333. The quantitative estimate of drug-likeness (QED) is 0.845. The maximum Gasteiger partial charge on any atom is 0.260 e. The van der Waals surface area contributed by atoms with Crippen LogP contribution < -0.4 is 5.73 Å². The van der Waals surface area contributed by atoms with Gasteiger partial charge < -0.3 is 15.0 Å². The van der Waals surface area contributed by atoms with Gasteiger partial charge in [-0.05, 0) is 25.0 Å². The largest absolute Gasteiger partial charge is 0.397 e. The first kappa shape index (κ1) is 11.5. The van der Waals surface area contributed by atoms with Crippen LogP contribution in [0.1, 0.15) is 24.8 Å². The summed E-state index contributed by atoms with van der Waals surface area (Å²) in [6, 6.07) is 5.32. The van der Waals surface area contributed by atoms with Gasteiger partial charge in [-0.3, -0.25) is 0 Å². The molecule has 1 aromatic carbocycles. The summed E-state index contributed by atoms with van der Waals surface area (Å²) in [6.07, 6.45) is 1.88. The molecule has 3 rings (SSSR count). The van der Waals surface area contributed by atoms with Gasteiger partial charge in [0.05, 0.1) is 16.3 Å². The molecule has 5 nitrogen and oxygen atoms in total. The molecule has 0 amide bonds. The number of benzene rings is 1. The lowest BCUT2D eigenvalue weighted by Gasteiger charge is -2.02. The van der Waals surface area contributed by atoms with Crippen molar-refractivity contribution in [3.63, 3.8) is 0 Å². The van der Waals surface area contributed by atoms with Crippen LogP contribution in [-0.4, -0.2) is 16.7 Å². The molecule has 1 saturated heterocycles. The molecule has 0 spiro atoms. The van der Waals surface area contributed by atoms with Crippen LogP contribution in [0.15, 0.2) is 22.7 Å². The number of ether oxygens (including phenoxy) is 1. The summed E-state index contributed by atoms with van der Waals surface area (Å²) in [7, 11) is 0. The molecular formula is C12H12ClN3O2. The van der Waals surface area contributed by atoms with Gasteiger partial charge in [0, 0.05) is 6.61 Å². The van der Waals surface area contributed by atoms with Gasteiger partial charge in [-0.1, -0.05) is 22.8 Å². The van der Waals surface area contributed by atoms with E-state index in [2.05, 4.69) is 10.1 Å². The van der Waals surface area contributed by atoms with E-state index in [-0.39, 0.29) is 6.10 Å². The minimum atomic E-state index is -0.0668. The van der Waals surface area contributed by atoms with Crippen molar-refractivity contribution in [1.29, 1.82) is 0 Å². The van der Waals surface area contributed by atoms with Crippen molar-refractivity contribution in [1.82, 2.24) is 10.1 Å². The van der Waals surface area contributed by atoms with Gasteiger partial charge >= 0.3 is 0 Å².